The van der Waals surface area contributed by atoms with Crippen LogP contribution in [0.5, 0.6) is 0 Å². The number of hydrogen-bond acceptors (Lipinski definition) is 3. The first-order valence-corrected chi connectivity index (χ1v) is 6.41. The maximum Gasteiger partial charge on any atom is 0.312 e. The summed E-state index contributed by atoms with van der Waals surface area (Å²) in [4.78, 5) is 35.6. The van der Waals surface area contributed by atoms with E-state index in [9.17, 15) is 14.4 Å². The van der Waals surface area contributed by atoms with Gasteiger partial charge in [0.05, 0.1) is 6.42 Å². The van der Waals surface area contributed by atoms with Crippen LogP contribution in [-0.4, -0.2) is 46.5 Å². The normalized spacial score (nSPS) is 20.4. The van der Waals surface area contributed by atoms with Gasteiger partial charge in [-0.05, 0) is 18.8 Å². The second-order valence-electron chi connectivity index (χ2n) is 5.16. The van der Waals surface area contributed by atoms with Crippen LogP contribution in [0.4, 0.5) is 4.79 Å². The van der Waals surface area contributed by atoms with Crippen LogP contribution in [0, 0.1) is 5.92 Å². The van der Waals surface area contributed by atoms with Crippen LogP contribution in [0.2, 0.25) is 0 Å². The number of nitrogens with zero attached hydrogens (tertiary/aromatic N) is 1. The number of urea groups is 1. The number of aliphatic carboxylic acids is 1. The van der Waals surface area contributed by atoms with Crippen LogP contribution in [0.3, 0.4) is 0 Å². The molecule has 0 bridgehead atoms. The van der Waals surface area contributed by atoms with Crippen molar-refractivity contribution in [1.29, 1.82) is 0 Å². The Kier molecular flexibility index (Phi) is 5.14. The summed E-state index contributed by atoms with van der Waals surface area (Å²) in [6.45, 7) is 4.14. The highest BCUT2D eigenvalue weighted by Crippen LogP contribution is 2.22. The van der Waals surface area contributed by atoms with E-state index in [2.05, 4.69) is 5.32 Å². The number of carboxylic acids is 1. The number of nitrogens with two attached hydrogens (primary N) is 1. The Morgan fingerprint density at radius 3 is 2.53 bits per heavy atom. The van der Waals surface area contributed by atoms with Gasteiger partial charge >= 0.3 is 12.0 Å². The molecule has 0 aromatic rings. The highest BCUT2D eigenvalue weighted by atomic mass is 16.4. The second kappa shape index (κ2) is 6.40. The molecular formula is C12H21N3O4. The number of likely N-dealkylation sites (tertiary alicyclic amines) is 1. The van der Waals surface area contributed by atoms with Crippen molar-refractivity contribution in [3.63, 3.8) is 0 Å². The van der Waals surface area contributed by atoms with Gasteiger partial charge in [-0.2, -0.15) is 0 Å². The lowest BCUT2D eigenvalue weighted by atomic mass is 10.0. The molecule has 108 valence electrons. The molecule has 3 amide bonds. The smallest absolute Gasteiger partial charge is 0.312 e. The first kappa shape index (κ1) is 15.3. The third kappa shape index (κ3) is 4.11. The van der Waals surface area contributed by atoms with E-state index in [0.29, 0.717) is 13.0 Å². The molecule has 0 saturated carbocycles. The number of carbonyl (C=O) groups is 3. The largest absolute Gasteiger partial charge is 0.481 e. The average Bonchev–Trinajstić information content (AvgIpc) is 2.71. The number of primary amides is 1. The number of carbonyl (C=O) groups excluding carboxylic acids is 2. The van der Waals surface area contributed by atoms with Crippen molar-refractivity contribution in [2.24, 2.45) is 11.7 Å². The fraction of sp³-hybridized carbons (Fsp3) is 0.750. The standard InChI is InChI=1S/C12H21N3O4/c1-7(2)10(14-12(13)19)11(18)15-5-3-4-8(15)6-9(16)17/h7-8,10H,3-6H2,1-2H3,(H,16,17)(H3,13,14,19). The molecule has 1 aliphatic heterocycles. The molecule has 1 aliphatic rings. The molecule has 2 unspecified atom stereocenters. The van der Waals surface area contributed by atoms with Gasteiger partial charge in [0.25, 0.3) is 0 Å². The Morgan fingerprint density at radius 2 is 2.05 bits per heavy atom. The van der Waals surface area contributed by atoms with E-state index in [1.165, 1.54) is 0 Å². The molecular weight excluding hydrogens is 250 g/mol. The lowest BCUT2D eigenvalue weighted by Crippen LogP contribution is -2.53. The third-order valence-electron chi connectivity index (χ3n) is 3.30. The molecule has 2 atom stereocenters. The monoisotopic (exact) mass is 271 g/mol. The topological polar surface area (TPSA) is 113 Å². The molecule has 1 heterocycles. The van der Waals surface area contributed by atoms with E-state index in [1.807, 2.05) is 0 Å². The van der Waals surface area contributed by atoms with Crippen molar-refractivity contribution in [3.8, 4) is 0 Å². The van der Waals surface area contributed by atoms with Crippen molar-refractivity contribution in [3.05, 3.63) is 0 Å². The van der Waals surface area contributed by atoms with Crippen LogP contribution in [0.1, 0.15) is 33.1 Å². The third-order valence-corrected chi connectivity index (χ3v) is 3.30. The van der Waals surface area contributed by atoms with E-state index >= 15 is 0 Å². The van der Waals surface area contributed by atoms with Crippen LogP contribution >= 0.6 is 0 Å². The molecule has 1 rings (SSSR count). The van der Waals surface area contributed by atoms with E-state index in [-0.39, 0.29) is 24.3 Å². The zero-order chi connectivity index (χ0) is 14.6. The number of amides is 3. The molecule has 1 saturated heterocycles. The van der Waals surface area contributed by atoms with Crippen molar-refractivity contribution < 1.29 is 19.5 Å². The van der Waals surface area contributed by atoms with Gasteiger partial charge in [-0.25, -0.2) is 4.79 Å². The van der Waals surface area contributed by atoms with Gasteiger partial charge in [-0.1, -0.05) is 13.8 Å². The fourth-order valence-electron chi connectivity index (χ4n) is 2.39. The predicted octanol–water partition coefficient (Wildman–Crippen LogP) is 0.145. The maximum absolute atomic E-state index is 12.4. The minimum atomic E-state index is -0.923. The minimum absolute atomic E-state index is 0.0624. The van der Waals surface area contributed by atoms with Gasteiger partial charge in [-0.15, -0.1) is 0 Å². The van der Waals surface area contributed by atoms with Crippen LogP contribution in [-0.2, 0) is 9.59 Å². The number of carboxylic acid groups (broad SMARTS) is 1. The minimum Gasteiger partial charge on any atom is -0.481 e. The lowest BCUT2D eigenvalue weighted by Gasteiger charge is -2.30. The summed E-state index contributed by atoms with van der Waals surface area (Å²) in [5.41, 5.74) is 5.07. The van der Waals surface area contributed by atoms with Gasteiger partial charge < -0.3 is 21.1 Å². The molecule has 1 fully saturated rings. The van der Waals surface area contributed by atoms with Gasteiger partial charge in [-0.3, -0.25) is 9.59 Å². The SMILES string of the molecule is CC(C)C(NC(N)=O)C(=O)N1CCCC1CC(=O)O. The summed E-state index contributed by atoms with van der Waals surface area (Å²) in [5.74, 6) is -1.28. The van der Waals surface area contributed by atoms with Gasteiger partial charge in [0.2, 0.25) is 5.91 Å². The molecule has 0 aromatic carbocycles. The van der Waals surface area contributed by atoms with Crippen molar-refractivity contribution in [1.82, 2.24) is 10.2 Å². The Balaban J connectivity index is 2.77. The molecule has 0 aliphatic carbocycles. The van der Waals surface area contributed by atoms with E-state index in [0.717, 1.165) is 6.42 Å². The van der Waals surface area contributed by atoms with Crippen molar-refractivity contribution in [2.45, 2.75) is 45.2 Å². The Hall–Kier alpha value is -1.79. The van der Waals surface area contributed by atoms with Crippen molar-refractivity contribution in [2.75, 3.05) is 6.54 Å². The van der Waals surface area contributed by atoms with E-state index in [1.54, 1.807) is 18.7 Å². The second-order valence-corrected chi connectivity index (χ2v) is 5.16. The van der Waals surface area contributed by atoms with E-state index in [4.69, 9.17) is 10.8 Å². The fourth-order valence-corrected chi connectivity index (χ4v) is 2.39. The molecule has 19 heavy (non-hydrogen) atoms. The van der Waals surface area contributed by atoms with Gasteiger partial charge in [0.1, 0.15) is 6.04 Å². The van der Waals surface area contributed by atoms with E-state index < -0.39 is 18.0 Å². The zero-order valence-corrected chi connectivity index (χ0v) is 11.3. The van der Waals surface area contributed by atoms with Crippen LogP contribution < -0.4 is 11.1 Å². The van der Waals surface area contributed by atoms with Gasteiger partial charge in [0.15, 0.2) is 0 Å². The summed E-state index contributed by atoms with van der Waals surface area (Å²) in [5, 5.41) is 11.3. The first-order chi connectivity index (χ1) is 8.82. The summed E-state index contributed by atoms with van der Waals surface area (Å²) >= 11 is 0. The summed E-state index contributed by atoms with van der Waals surface area (Å²) in [7, 11) is 0. The van der Waals surface area contributed by atoms with Crippen molar-refractivity contribution >= 4 is 17.9 Å². The van der Waals surface area contributed by atoms with Gasteiger partial charge in [0, 0.05) is 12.6 Å². The van der Waals surface area contributed by atoms with Crippen LogP contribution in [0.15, 0.2) is 0 Å². The Bertz CT molecular complexity index is 370. The summed E-state index contributed by atoms with van der Waals surface area (Å²) in [6, 6.07) is -1.74. The highest BCUT2D eigenvalue weighted by Gasteiger charge is 2.35. The predicted molar refractivity (Wildman–Crippen MR) is 68.3 cm³/mol. The quantitative estimate of drug-likeness (QED) is 0.660. The first-order valence-electron chi connectivity index (χ1n) is 6.41. The van der Waals surface area contributed by atoms with Crippen LogP contribution in [0.25, 0.3) is 0 Å². The Morgan fingerprint density at radius 1 is 1.42 bits per heavy atom. The zero-order valence-electron chi connectivity index (χ0n) is 11.3. The molecule has 4 N–H and O–H groups in total. The maximum atomic E-state index is 12.4. The Labute approximate surface area is 112 Å². The molecule has 7 heteroatoms. The summed E-state index contributed by atoms with van der Waals surface area (Å²) < 4.78 is 0. The lowest BCUT2D eigenvalue weighted by molar-refractivity contribution is -0.140. The molecule has 0 aromatic heterocycles. The number of hydrogen-bond donors (Lipinski definition) is 3. The highest BCUT2D eigenvalue weighted by molar-refractivity contribution is 5.87. The molecule has 0 radical (unpaired) electrons. The summed E-state index contributed by atoms with van der Waals surface area (Å²) in [6.07, 6.45) is 1.40. The molecule has 7 nitrogen and oxygen atoms in total. The molecule has 0 spiro atoms. The number of nitrogens with one attached hydrogen (secondary N) is 1. The number of rotatable bonds is 5. The average molecular weight is 271 g/mol.